The maximum atomic E-state index is 3.23. The summed E-state index contributed by atoms with van der Waals surface area (Å²) >= 11 is 0. The summed E-state index contributed by atoms with van der Waals surface area (Å²) in [7, 11) is 0. The Hall–Kier alpha value is -0.625. The Morgan fingerprint density at radius 2 is 1.12 bits per heavy atom. The summed E-state index contributed by atoms with van der Waals surface area (Å²) in [5.41, 5.74) is 0. The van der Waals surface area contributed by atoms with Crippen LogP contribution in [0.3, 0.4) is 0 Å². The second kappa shape index (κ2) is 5.63. The molecule has 66 valence electrons. The number of rotatable bonds is 0. The van der Waals surface area contributed by atoms with Gasteiger partial charge in [0.2, 0.25) is 0 Å². The molecule has 0 amide bonds. The van der Waals surface area contributed by atoms with Crippen molar-refractivity contribution < 1.29 is 37.7 Å². The molecule has 0 saturated heterocycles. The Bertz CT molecular complexity index is 497. The standard InChI is InChI=1S/C14H8.2Li/c1-2-6-12-10-14-8-4-3-7-13(14)9-11(12)5-1;;/h1-5,8-10H;;/q-2;2*+1. The van der Waals surface area contributed by atoms with Crippen LogP contribution in [-0.4, -0.2) is 0 Å². The van der Waals surface area contributed by atoms with E-state index in [0.717, 1.165) is 0 Å². The van der Waals surface area contributed by atoms with E-state index in [-0.39, 0.29) is 37.7 Å². The molecule has 3 rings (SSSR count). The molecule has 0 nitrogen and oxygen atoms in total. The van der Waals surface area contributed by atoms with E-state index >= 15 is 0 Å². The van der Waals surface area contributed by atoms with Gasteiger partial charge in [-0.15, -0.1) is 48.5 Å². The first kappa shape index (κ1) is 13.4. The molecular formula is C14H8Li2. The molecule has 0 atom stereocenters. The van der Waals surface area contributed by atoms with Crippen molar-refractivity contribution in [3.05, 3.63) is 60.7 Å². The van der Waals surface area contributed by atoms with Crippen molar-refractivity contribution in [3.8, 4) is 0 Å². The zero-order chi connectivity index (χ0) is 9.38. The van der Waals surface area contributed by atoms with Gasteiger partial charge in [0, 0.05) is 0 Å². The first-order valence-corrected chi connectivity index (χ1v) is 4.64. The molecule has 0 aromatic heterocycles. The van der Waals surface area contributed by atoms with E-state index < -0.39 is 0 Å². The fraction of sp³-hybridized carbons (Fsp3) is 0. The third-order valence-electron chi connectivity index (χ3n) is 2.44. The van der Waals surface area contributed by atoms with Crippen molar-refractivity contribution >= 4 is 21.5 Å². The van der Waals surface area contributed by atoms with Gasteiger partial charge in [0.15, 0.2) is 0 Å². The predicted molar refractivity (Wildman–Crippen MR) is 59.1 cm³/mol. The number of fused-ring (bicyclic) bond motifs is 2. The fourth-order valence-electron chi connectivity index (χ4n) is 1.74. The molecule has 0 spiro atoms. The van der Waals surface area contributed by atoms with Gasteiger partial charge >= 0.3 is 37.7 Å². The first-order valence-electron chi connectivity index (χ1n) is 4.64. The van der Waals surface area contributed by atoms with Crippen LogP contribution in [-0.2, 0) is 0 Å². The van der Waals surface area contributed by atoms with Crippen molar-refractivity contribution in [1.82, 2.24) is 0 Å². The zero-order valence-corrected chi connectivity index (χ0v) is 9.62. The molecule has 0 aliphatic rings. The van der Waals surface area contributed by atoms with E-state index in [1.807, 2.05) is 24.3 Å². The number of benzene rings is 3. The summed E-state index contributed by atoms with van der Waals surface area (Å²) in [6.07, 6.45) is 0. The smallest absolute Gasteiger partial charge is 0.171 e. The summed E-state index contributed by atoms with van der Waals surface area (Å²) in [6.45, 7) is 0. The zero-order valence-electron chi connectivity index (χ0n) is 9.62. The van der Waals surface area contributed by atoms with Gasteiger partial charge in [0.1, 0.15) is 0 Å². The third kappa shape index (κ3) is 2.37. The van der Waals surface area contributed by atoms with Gasteiger partial charge in [0.05, 0.1) is 0 Å². The molecule has 2 heteroatoms. The Kier molecular flexibility index (Phi) is 4.73. The molecule has 0 radical (unpaired) electrons. The molecule has 0 unspecified atom stereocenters. The molecule has 0 heterocycles. The van der Waals surface area contributed by atoms with E-state index in [4.69, 9.17) is 0 Å². The van der Waals surface area contributed by atoms with Gasteiger partial charge in [-0.05, 0) is 0 Å². The summed E-state index contributed by atoms with van der Waals surface area (Å²) in [4.78, 5) is 0. The van der Waals surface area contributed by atoms with E-state index in [0.29, 0.717) is 0 Å². The topological polar surface area (TPSA) is 0 Å². The second-order valence-electron chi connectivity index (χ2n) is 3.37. The molecule has 0 fully saturated rings. The maximum absolute atomic E-state index is 3.23. The molecule has 0 bridgehead atoms. The Balaban J connectivity index is 0.000000640. The van der Waals surface area contributed by atoms with E-state index in [2.05, 4.69) is 36.4 Å². The molecule has 16 heavy (non-hydrogen) atoms. The molecule has 0 aliphatic carbocycles. The second-order valence-corrected chi connectivity index (χ2v) is 3.37. The van der Waals surface area contributed by atoms with Crippen LogP contribution in [0.4, 0.5) is 0 Å². The quantitative estimate of drug-likeness (QED) is 0.211. The molecule has 0 saturated carbocycles. The minimum absolute atomic E-state index is 0. The van der Waals surface area contributed by atoms with E-state index in [1.54, 1.807) is 0 Å². The van der Waals surface area contributed by atoms with Crippen molar-refractivity contribution in [1.29, 1.82) is 0 Å². The molecular weight excluding hydrogens is 182 g/mol. The van der Waals surface area contributed by atoms with Crippen molar-refractivity contribution in [2.45, 2.75) is 0 Å². The first-order chi connectivity index (χ1) is 6.93. The van der Waals surface area contributed by atoms with Crippen molar-refractivity contribution in [2.24, 2.45) is 0 Å². The van der Waals surface area contributed by atoms with Gasteiger partial charge in [-0.3, -0.25) is 0 Å². The SMILES string of the molecule is [Li+].[Li+].[c-]1cccc2cc3[c-]cccc3cc12. The molecule has 0 N–H and O–H groups in total. The Morgan fingerprint density at radius 3 is 1.56 bits per heavy atom. The number of hydrogen-bond acceptors (Lipinski definition) is 0. The summed E-state index contributed by atoms with van der Waals surface area (Å²) < 4.78 is 0. The maximum Gasteiger partial charge on any atom is 1.00 e. The normalized spacial score (nSPS) is 9.50. The van der Waals surface area contributed by atoms with Crippen molar-refractivity contribution in [3.63, 3.8) is 0 Å². The van der Waals surface area contributed by atoms with E-state index in [9.17, 15) is 0 Å². The summed E-state index contributed by atoms with van der Waals surface area (Å²) in [6, 6.07) is 22.9. The fourth-order valence-corrected chi connectivity index (χ4v) is 1.74. The monoisotopic (exact) mass is 190 g/mol. The van der Waals surface area contributed by atoms with Crippen LogP contribution in [0, 0.1) is 12.1 Å². The largest absolute Gasteiger partial charge is 1.00 e. The van der Waals surface area contributed by atoms with Gasteiger partial charge in [-0.2, -0.15) is 33.7 Å². The van der Waals surface area contributed by atoms with E-state index in [1.165, 1.54) is 21.5 Å². The Labute approximate surface area is 119 Å². The summed E-state index contributed by atoms with van der Waals surface area (Å²) in [5, 5.41) is 4.78. The minimum Gasteiger partial charge on any atom is -0.171 e. The van der Waals surface area contributed by atoms with Gasteiger partial charge < -0.3 is 0 Å². The number of hydrogen-bond donors (Lipinski definition) is 0. The minimum atomic E-state index is 0. The average Bonchev–Trinajstić information content (AvgIpc) is 2.26. The third-order valence-corrected chi connectivity index (χ3v) is 2.44. The van der Waals surface area contributed by atoms with Crippen LogP contribution >= 0.6 is 0 Å². The molecule has 3 aromatic rings. The van der Waals surface area contributed by atoms with Crippen molar-refractivity contribution in [2.75, 3.05) is 0 Å². The van der Waals surface area contributed by atoms with Gasteiger partial charge in [-0.1, -0.05) is 0 Å². The Morgan fingerprint density at radius 1 is 0.688 bits per heavy atom. The van der Waals surface area contributed by atoms with Crippen LogP contribution in [0.5, 0.6) is 0 Å². The van der Waals surface area contributed by atoms with Crippen LogP contribution in [0.1, 0.15) is 0 Å². The molecule has 3 aromatic carbocycles. The van der Waals surface area contributed by atoms with Crippen LogP contribution < -0.4 is 37.7 Å². The van der Waals surface area contributed by atoms with Crippen LogP contribution in [0.2, 0.25) is 0 Å². The van der Waals surface area contributed by atoms with Gasteiger partial charge in [-0.25, -0.2) is 0 Å². The predicted octanol–water partition coefficient (Wildman–Crippen LogP) is -2.40. The van der Waals surface area contributed by atoms with Gasteiger partial charge in [0.25, 0.3) is 0 Å². The average molecular weight is 190 g/mol. The summed E-state index contributed by atoms with van der Waals surface area (Å²) in [5.74, 6) is 0. The van der Waals surface area contributed by atoms with Crippen LogP contribution in [0.15, 0.2) is 48.5 Å². The van der Waals surface area contributed by atoms with Crippen LogP contribution in [0.25, 0.3) is 21.5 Å². The molecule has 0 aliphatic heterocycles.